The van der Waals surface area contributed by atoms with Gasteiger partial charge in [0.25, 0.3) is 0 Å². The average molecular weight is 401 g/mol. The van der Waals surface area contributed by atoms with E-state index in [1.807, 2.05) is 19.1 Å². The maximum absolute atomic E-state index is 14.7. The average Bonchev–Trinajstić information content (AvgIpc) is 2.74. The van der Waals surface area contributed by atoms with Crippen molar-refractivity contribution in [3.05, 3.63) is 29.6 Å². The first-order valence-electron chi connectivity index (χ1n) is 12.6. The minimum atomic E-state index is -0.0584. The van der Waals surface area contributed by atoms with Crippen molar-refractivity contribution in [2.45, 2.75) is 96.8 Å². The Labute approximate surface area is 177 Å². The Hall–Kier alpha value is -1.05. The molecule has 3 aliphatic rings. The number of hydrogen-bond donors (Lipinski definition) is 0. The molecule has 1 aromatic carbocycles. The van der Waals surface area contributed by atoms with Crippen molar-refractivity contribution < 1.29 is 9.13 Å². The molecule has 3 aliphatic carbocycles. The van der Waals surface area contributed by atoms with Crippen LogP contribution in [0, 0.1) is 35.4 Å². The number of halogens is 1. The maximum atomic E-state index is 14.7. The molecule has 4 unspecified atom stereocenters. The fourth-order valence-electron chi connectivity index (χ4n) is 7.09. The summed E-state index contributed by atoms with van der Waals surface area (Å²) in [5, 5.41) is 0. The van der Waals surface area contributed by atoms with E-state index in [2.05, 4.69) is 6.92 Å². The SMILES string of the molecule is CCCC1CCC(C2CCC3CC(c4ccc(OCC)cc4F)CCC3C2)CC1. The highest BCUT2D eigenvalue weighted by molar-refractivity contribution is 5.31. The largest absolute Gasteiger partial charge is 0.494 e. The van der Waals surface area contributed by atoms with E-state index in [0.717, 1.165) is 35.2 Å². The van der Waals surface area contributed by atoms with E-state index in [4.69, 9.17) is 4.74 Å². The molecule has 4 rings (SSSR count). The van der Waals surface area contributed by atoms with Gasteiger partial charge in [-0.15, -0.1) is 0 Å². The minimum Gasteiger partial charge on any atom is -0.494 e. The molecule has 0 radical (unpaired) electrons. The third kappa shape index (κ3) is 5.00. The fourth-order valence-corrected chi connectivity index (χ4v) is 7.09. The smallest absolute Gasteiger partial charge is 0.130 e. The zero-order chi connectivity index (χ0) is 20.2. The Morgan fingerprint density at radius 1 is 0.828 bits per heavy atom. The minimum absolute atomic E-state index is 0.0584. The Morgan fingerprint density at radius 2 is 1.48 bits per heavy atom. The highest BCUT2D eigenvalue weighted by Gasteiger charge is 2.39. The summed E-state index contributed by atoms with van der Waals surface area (Å²) in [5.41, 5.74) is 0.934. The normalized spacial score (nSPS) is 35.1. The van der Waals surface area contributed by atoms with Crippen LogP contribution in [-0.4, -0.2) is 6.61 Å². The molecular weight excluding hydrogens is 359 g/mol. The summed E-state index contributed by atoms with van der Waals surface area (Å²) in [6.45, 7) is 4.87. The molecule has 0 aromatic heterocycles. The summed E-state index contributed by atoms with van der Waals surface area (Å²) in [7, 11) is 0. The van der Waals surface area contributed by atoms with Gasteiger partial charge in [-0.3, -0.25) is 0 Å². The van der Waals surface area contributed by atoms with Crippen LogP contribution in [0.4, 0.5) is 4.39 Å². The molecule has 1 nitrogen and oxygen atoms in total. The monoisotopic (exact) mass is 400 g/mol. The highest BCUT2D eigenvalue weighted by Crippen LogP contribution is 2.51. The molecule has 0 saturated heterocycles. The summed E-state index contributed by atoms with van der Waals surface area (Å²) in [6, 6.07) is 5.54. The zero-order valence-electron chi connectivity index (χ0n) is 18.7. The molecule has 3 fully saturated rings. The zero-order valence-corrected chi connectivity index (χ0v) is 18.7. The van der Waals surface area contributed by atoms with Crippen LogP contribution in [0.2, 0.25) is 0 Å². The van der Waals surface area contributed by atoms with Gasteiger partial charge in [-0.2, -0.15) is 0 Å². The molecule has 0 spiro atoms. The predicted molar refractivity (Wildman–Crippen MR) is 119 cm³/mol. The van der Waals surface area contributed by atoms with Gasteiger partial charge in [0.1, 0.15) is 11.6 Å². The number of rotatable bonds is 6. The number of fused-ring (bicyclic) bond motifs is 1. The Bertz CT molecular complexity index is 648. The van der Waals surface area contributed by atoms with Gasteiger partial charge < -0.3 is 4.74 Å². The van der Waals surface area contributed by atoms with Gasteiger partial charge in [0.15, 0.2) is 0 Å². The lowest BCUT2D eigenvalue weighted by molar-refractivity contribution is 0.0708. The van der Waals surface area contributed by atoms with Crippen LogP contribution in [0.3, 0.4) is 0 Å². The topological polar surface area (TPSA) is 9.23 Å². The van der Waals surface area contributed by atoms with Crippen molar-refractivity contribution in [1.29, 1.82) is 0 Å². The molecule has 0 amide bonds. The van der Waals surface area contributed by atoms with Gasteiger partial charge >= 0.3 is 0 Å². The van der Waals surface area contributed by atoms with E-state index < -0.39 is 0 Å². The summed E-state index contributed by atoms with van der Waals surface area (Å²) in [4.78, 5) is 0. The van der Waals surface area contributed by atoms with Gasteiger partial charge in [0.05, 0.1) is 6.61 Å². The summed E-state index contributed by atoms with van der Waals surface area (Å²) >= 11 is 0. The summed E-state index contributed by atoms with van der Waals surface area (Å²) < 4.78 is 20.2. The van der Waals surface area contributed by atoms with Gasteiger partial charge in [0.2, 0.25) is 0 Å². The van der Waals surface area contributed by atoms with E-state index in [-0.39, 0.29) is 5.82 Å². The van der Waals surface area contributed by atoms with Crippen molar-refractivity contribution in [2.75, 3.05) is 6.61 Å². The lowest BCUT2D eigenvalue weighted by atomic mass is 9.60. The molecule has 0 heterocycles. The van der Waals surface area contributed by atoms with Gasteiger partial charge in [-0.05, 0) is 105 Å². The predicted octanol–water partition coefficient (Wildman–Crippen LogP) is 8.13. The van der Waals surface area contributed by atoms with E-state index >= 15 is 0 Å². The lowest BCUT2D eigenvalue weighted by Gasteiger charge is -2.45. The molecule has 162 valence electrons. The maximum Gasteiger partial charge on any atom is 0.130 e. The van der Waals surface area contributed by atoms with Crippen molar-refractivity contribution in [1.82, 2.24) is 0 Å². The van der Waals surface area contributed by atoms with E-state index in [1.54, 1.807) is 6.07 Å². The molecule has 4 atom stereocenters. The van der Waals surface area contributed by atoms with E-state index in [9.17, 15) is 4.39 Å². The van der Waals surface area contributed by atoms with Crippen LogP contribution in [0.15, 0.2) is 18.2 Å². The van der Waals surface area contributed by atoms with Crippen molar-refractivity contribution in [2.24, 2.45) is 29.6 Å². The van der Waals surface area contributed by atoms with Crippen LogP contribution >= 0.6 is 0 Å². The second kappa shape index (κ2) is 9.84. The summed E-state index contributed by atoms with van der Waals surface area (Å²) in [5.74, 6) is 5.76. The van der Waals surface area contributed by atoms with Crippen LogP contribution in [-0.2, 0) is 0 Å². The lowest BCUT2D eigenvalue weighted by Crippen LogP contribution is -2.34. The van der Waals surface area contributed by atoms with Crippen LogP contribution < -0.4 is 4.74 Å². The molecule has 3 saturated carbocycles. The van der Waals surface area contributed by atoms with Gasteiger partial charge in [-0.25, -0.2) is 4.39 Å². The first-order valence-corrected chi connectivity index (χ1v) is 12.6. The Kier molecular flexibility index (Phi) is 7.19. The van der Waals surface area contributed by atoms with E-state index in [0.29, 0.717) is 18.3 Å². The number of hydrogen-bond acceptors (Lipinski definition) is 1. The third-order valence-corrected chi connectivity index (χ3v) is 8.63. The molecule has 2 heteroatoms. The van der Waals surface area contributed by atoms with Crippen LogP contribution in [0.1, 0.15) is 102 Å². The standard InChI is InChI=1S/C27H41FO/c1-3-5-19-6-8-20(9-7-19)21-10-11-23-17-24(13-12-22(23)16-21)26-15-14-25(29-4-2)18-27(26)28/h14-15,18-24H,3-13,16-17H2,1-2H3. The molecule has 29 heavy (non-hydrogen) atoms. The fraction of sp³-hybridized carbons (Fsp3) is 0.778. The van der Waals surface area contributed by atoms with Crippen molar-refractivity contribution in [3.8, 4) is 5.75 Å². The molecule has 0 N–H and O–H groups in total. The quantitative estimate of drug-likeness (QED) is 0.468. The second-order valence-corrected chi connectivity index (χ2v) is 10.3. The van der Waals surface area contributed by atoms with E-state index in [1.165, 1.54) is 77.0 Å². The van der Waals surface area contributed by atoms with Crippen molar-refractivity contribution >= 4 is 0 Å². The van der Waals surface area contributed by atoms with Crippen LogP contribution in [0.5, 0.6) is 5.75 Å². The Morgan fingerprint density at radius 3 is 2.17 bits per heavy atom. The Balaban J connectivity index is 1.31. The number of ether oxygens (including phenoxy) is 1. The first kappa shape index (κ1) is 21.2. The highest BCUT2D eigenvalue weighted by atomic mass is 19.1. The van der Waals surface area contributed by atoms with Gasteiger partial charge in [-0.1, -0.05) is 38.7 Å². The molecule has 1 aromatic rings. The first-order chi connectivity index (χ1) is 14.2. The van der Waals surface area contributed by atoms with Crippen LogP contribution in [0.25, 0.3) is 0 Å². The summed E-state index contributed by atoms with van der Waals surface area (Å²) in [6.07, 6.45) is 16.7. The molecular formula is C27H41FO. The molecule has 0 bridgehead atoms. The molecule has 0 aliphatic heterocycles. The van der Waals surface area contributed by atoms with Gasteiger partial charge in [0, 0.05) is 6.07 Å². The third-order valence-electron chi connectivity index (χ3n) is 8.63. The number of benzene rings is 1. The second-order valence-electron chi connectivity index (χ2n) is 10.3. The van der Waals surface area contributed by atoms with Crippen molar-refractivity contribution in [3.63, 3.8) is 0 Å².